The quantitative estimate of drug-likeness (QED) is 0.739. The molecule has 0 spiro atoms. The molecule has 4 nitrogen and oxygen atoms in total. The highest BCUT2D eigenvalue weighted by atomic mass is 79.9. The van der Waals surface area contributed by atoms with Gasteiger partial charge in [0.2, 0.25) is 0 Å². The molecule has 2 aromatic heterocycles. The van der Waals surface area contributed by atoms with Crippen LogP contribution in [0.4, 0.5) is 10.1 Å². The molecule has 118 valence electrons. The van der Waals surface area contributed by atoms with Gasteiger partial charge >= 0.3 is 0 Å². The summed E-state index contributed by atoms with van der Waals surface area (Å²) in [5.74, 6) is -0.845. The topological polar surface area (TPSA) is 46.4 Å². The van der Waals surface area contributed by atoms with Crippen molar-refractivity contribution in [2.45, 2.75) is 20.3 Å². The summed E-state index contributed by atoms with van der Waals surface area (Å²) in [4.78, 5) is 17.2. The number of pyridine rings is 1. The van der Waals surface area contributed by atoms with Crippen molar-refractivity contribution in [3.05, 3.63) is 63.8 Å². The molecule has 1 aromatic carbocycles. The highest BCUT2D eigenvalue weighted by molar-refractivity contribution is 9.10. The standard InChI is InChI=1S/C17H15BrFN3O/c1-3-13-15(17(23)21-14-7-5-4-6-12(14)19)22-9-10(2)8-11(18)16(22)20-13/h4-9H,3H2,1-2H3,(H,21,23). The van der Waals surface area contributed by atoms with Crippen LogP contribution in [0.15, 0.2) is 41.0 Å². The average molecular weight is 376 g/mol. The zero-order valence-electron chi connectivity index (χ0n) is 12.7. The van der Waals surface area contributed by atoms with Crippen LogP contribution in [0.5, 0.6) is 0 Å². The second-order valence-corrected chi connectivity index (χ2v) is 6.11. The summed E-state index contributed by atoms with van der Waals surface area (Å²) in [5.41, 5.74) is 2.91. The van der Waals surface area contributed by atoms with Crippen LogP contribution in [-0.4, -0.2) is 15.3 Å². The number of nitrogens with one attached hydrogen (secondary N) is 1. The Morgan fingerprint density at radius 1 is 1.39 bits per heavy atom. The maximum absolute atomic E-state index is 13.8. The molecule has 2 heterocycles. The van der Waals surface area contributed by atoms with Gasteiger partial charge in [0.25, 0.3) is 5.91 Å². The van der Waals surface area contributed by atoms with Crippen molar-refractivity contribution in [2.24, 2.45) is 0 Å². The Balaban J connectivity index is 2.11. The van der Waals surface area contributed by atoms with E-state index in [2.05, 4.69) is 26.2 Å². The first-order chi connectivity index (χ1) is 11.0. The number of hydrogen-bond acceptors (Lipinski definition) is 2. The molecule has 0 saturated carbocycles. The minimum atomic E-state index is -0.468. The maximum atomic E-state index is 13.8. The molecule has 1 N–H and O–H groups in total. The van der Waals surface area contributed by atoms with E-state index in [1.165, 1.54) is 12.1 Å². The molecule has 3 rings (SSSR count). The van der Waals surface area contributed by atoms with Crippen molar-refractivity contribution in [2.75, 3.05) is 5.32 Å². The van der Waals surface area contributed by atoms with Gasteiger partial charge in [-0.15, -0.1) is 0 Å². The zero-order chi connectivity index (χ0) is 16.6. The summed E-state index contributed by atoms with van der Waals surface area (Å²) in [6, 6.07) is 8.04. The number of hydrogen-bond donors (Lipinski definition) is 1. The fourth-order valence-corrected chi connectivity index (χ4v) is 3.15. The van der Waals surface area contributed by atoms with E-state index in [0.29, 0.717) is 23.5 Å². The summed E-state index contributed by atoms with van der Waals surface area (Å²) >= 11 is 3.48. The highest BCUT2D eigenvalue weighted by Gasteiger charge is 2.20. The van der Waals surface area contributed by atoms with Crippen LogP contribution >= 0.6 is 15.9 Å². The number of imidazole rings is 1. The van der Waals surface area contributed by atoms with Gasteiger partial charge in [-0.25, -0.2) is 9.37 Å². The third-order valence-electron chi connectivity index (χ3n) is 3.56. The zero-order valence-corrected chi connectivity index (χ0v) is 14.3. The average Bonchev–Trinajstić information content (AvgIpc) is 2.88. The lowest BCUT2D eigenvalue weighted by molar-refractivity contribution is 0.102. The molecule has 0 aliphatic rings. The first kappa shape index (κ1) is 15.7. The first-order valence-electron chi connectivity index (χ1n) is 7.24. The second-order valence-electron chi connectivity index (χ2n) is 5.25. The molecule has 0 aliphatic heterocycles. The van der Waals surface area contributed by atoms with Gasteiger partial charge in [0.05, 0.1) is 15.9 Å². The van der Waals surface area contributed by atoms with Crippen molar-refractivity contribution < 1.29 is 9.18 Å². The molecule has 23 heavy (non-hydrogen) atoms. The number of aryl methyl sites for hydroxylation is 2. The van der Waals surface area contributed by atoms with Crippen LogP contribution in [0.2, 0.25) is 0 Å². The van der Waals surface area contributed by atoms with Crippen LogP contribution in [0.25, 0.3) is 5.65 Å². The van der Waals surface area contributed by atoms with E-state index in [9.17, 15) is 9.18 Å². The van der Waals surface area contributed by atoms with Gasteiger partial charge in [-0.1, -0.05) is 19.1 Å². The molecule has 0 fully saturated rings. The maximum Gasteiger partial charge on any atom is 0.274 e. The van der Waals surface area contributed by atoms with Gasteiger partial charge in [-0.2, -0.15) is 0 Å². The van der Waals surface area contributed by atoms with Crippen LogP contribution in [-0.2, 0) is 6.42 Å². The molecule has 0 saturated heterocycles. The summed E-state index contributed by atoms with van der Waals surface area (Å²) in [5, 5.41) is 2.63. The smallest absolute Gasteiger partial charge is 0.274 e. The van der Waals surface area contributed by atoms with Crippen LogP contribution in [0.1, 0.15) is 28.7 Å². The lowest BCUT2D eigenvalue weighted by atomic mass is 10.2. The molecular formula is C17H15BrFN3O. The molecule has 0 atom stereocenters. The normalized spacial score (nSPS) is 11.0. The van der Waals surface area contributed by atoms with Crippen LogP contribution in [0.3, 0.4) is 0 Å². The van der Waals surface area contributed by atoms with Crippen molar-refractivity contribution >= 4 is 33.2 Å². The number of fused-ring (bicyclic) bond motifs is 1. The molecule has 0 bridgehead atoms. The minimum Gasteiger partial charge on any atom is -0.318 e. The SMILES string of the molecule is CCc1nc2c(Br)cc(C)cn2c1C(=O)Nc1ccccc1F. The lowest BCUT2D eigenvalue weighted by Crippen LogP contribution is -2.17. The van der Waals surface area contributed by atoms with E-state index in [1.807, 2.05) is 26.1 Å². The fraction of sp³-hybridized carbons (Fsp3) is 0.176. The number of anilines is 1. The molecule has 1 amide bonds. The number of para-hydroxylation sites is 1. The van der Waals surface area contributed by atoms with Crippen LogP contribution in [0, 0.1) is 12.7 Å². The molecule has 0 radical (unpaired) electrons. The predicted octanol–water partition coefficient (Wildman–Crippen LogP) is 4.36. The number of benzene rings is 1. The van der Waals surface area contributed by atoms with E-state index >= 15 is 0 Å². The number of amides is 1. The lowest BCUT2D eigenvalue weighted by Gasteiger charge is -2.08. The Morgan fingerprint density at radius 2 is 2.13 bits per heavy atom. The van der Waals surface area contributed by atoms with E-state index in [-0.39, 0.29) is 11.6 Å². The monoisotopic (exact) mass is 375 g/mol. The van der Waals surface area contributed by atoms with Gasteiger partial charge < -0.3 is 5.32 Å². The molecule has 0 aliphatic carbocycles. The van der Waals surface area contributed by atoms with Gasteiger partial charge in [-0.3, -0.25) is 9.20 Å². The molecule has 6 heteroatoms. The second kappa shape index (κ2) is 6.12. The van der Waals surface area contributed by atoms with E-state index < -0.39 is 5.82 Å². The largest absolute Gasteiger partial charge is 0.318 e. The third kappa shape index (κ3) is 2.86. The van der Waals surface area contributed by atoms with Crippen LogP contribution < -0.4 is 5.32 Å². The van der Waals surface area contributed by atoms with Crippen molar-refractivity contribution in [3.63, 3.8) is 0 Å². The van der Waals surface area contributed by atoms with Crippen molar-refractivity contribution in [1.29, 1.82) is 0 Å². The van der Waals surface area contributed by atoms with E-state index in [1.54, 1.807) is 16.5 Å². The molecule has 3 aromatic rings. The third-order valence-corrected chi connectivity index (χ3v) is 4.14. The number of carbonyl (C=O) groups excluding carboxylic acids is 1. The minimum absolute atomic E-state index is 0.154. The van der Waals surface area contributed by atoms with Gasteiger partial charge in [-0.05, 0) is 53.0 Å². The Morgan fingerprint density at radius 3 is 2.83 bits per heavy atom. The van der Waals surface area contributed by atoms with Crippen molar-refractivity contribution in [3.8, 4) is 0 Å². The van der Waals surface area contributed by atoms with E-state index in [4.69, 9.17) is 0 Å². The highest BCUT2D eigenvalue weighted by Crippen LogP contribution is 2.24. The number of nitrogens with zero attached hydrogens (tertiary/aromatic N) is 2. The Labute approximate surface area is 141 Å². The Hall–Kier alpha value is -2.21. The van der Waals surface area contributed by atoms with Crippen molar-refractivity contribution in [1.82, 2.24) is 9.38 Å². The summed E-state index contributed by atoms with van der Waals surface area (Å²) < 4.78 is 16.3. The molecule has 0 unspecified atom stereocenters. The first-order valence-corrected chi connectivity index (χ1v) is 8.03. The van der Waals surface area contributed by atoms with E-state index in [0.717, 1.165) is 10.0 Å². The summed E-state index contributed by atoms with van der Waals surface area (Å²) in [7, 11) is 0. The summed E-state index contributed by atoms with van der Waals surface area (Å²) in [6.45, 7) is 3.87. The molecular weight excluding hydrogens is 361 g/mol. The number of rotatable bonds is 3. The number of aromatic nitrogens is 2. The Kier molecular flexibility index (Phi) is 4.17. The van der Waals surface area contributed by atoms with Gasteiger partial charge in [0.15, 0.2) is 5.65 Å². The van der Waals surface area contributed by atoms with Gasteiger partial charge in [0, 0.05) is 6.20 Å². The fourth-order valence-electron chi connectivity index (χ4n) is 2.51. The summed E-state index contributed by atoms with van der Waals surface area (Å²) in [6.07, 6.45) is 2.45. The Bertz CT molecular complexity index is 904. The number of carbonyl (C=O) groups is 1. The predicted molar refractivity (Wildman–Crippen MR) is 91.4 cm³/mol. The number of halogens is 2. The van der Waals surface area contributed by atoms with Gasteiger partial charge in [0.1, 0.15) is 11.5 Å².